The summed E-state index contributed by atoms with van der Waals surface area (Å²) in [5.41, 5.74) is 0.440. The molecule has 0 aliphatic rings. The van der Waals surface area contributed by atoms with Crippen LogP contribution in [0.4, 0.5) is 23.1 Å². The molecular weight excluding hydrogens is 464 g/mol. The van der Waals surface area contributed by atoms with Crippen LogP contribution in [0.25, 0.3) is 11.3 Å². The monoisotopic (exact) mass is 493 g/mol. The number of anilines is 4. The number of aromatic nitrogens is 7. The normalized spacial score (nSPS) is 12.8. The van der Waals surface area contributed by atoms with Crippen molar-refractivity contribution in [3.63, 3.8) is 0 Å². The molecule has 0 saturated carbocycles. The van der Waals surface area contributed by atoms with Crippen molar-refractivity contribution in [2.75, 3.05) is 24.7 Å². The third-order valence-corrected chi connectivity index (χ3v) is 5.09. The van der Waals surface area contributed by atoms with Gasteiger partial charge in [0.2, 0.25) is 0 Å². The number of carbonyl (C=O) groups is 1. The summed E-state index contributed by atoms with van der Waals surface area (Å²) in [7, 11) is 3.13. The van der Waals surface area contributed by atoms with Crippen molar-refractivity contribution in [3.8, 4) is 17.0 Å². The summed E-state index contributed by atoms with van der Waals surface area (Å²) in [5, 5.41) is 34.4. The number of nitrogens with one attached hydrogen (secondary N) is 3. The second kappa shape index (κ2) is 9.92. The molecule has 4 aromatic heterocycles. The van der Waals surface area contributed by atoms with E-state index in [1.807, 2.05) is 5.32 Å². The molecule has 0 radical (unpaired) electrons. The molecular formula is C23H26N10O3. The van der Waals surface area contributed by atoms with Gasteiger partial charge in [-0.05, 0) is 26.0 Å². The average molecular weight is 494 g/mol. The van der Waals surface area contributed by atoms with Gasteiger partial charge in [-0.3, -0.25) is 4.79 Å². The number of aryl methyl sites for hydroxylation is 1. The first-order valence-corrected chi connectivity index (χ1v) is 10.7. The van der Waals surface area contributed by atoms with E-state index < -0.39 is 18.5 Å². The first-order valence-electron chi connectivity index (χ1n) is 12.2. The molecule has 13 heteroatoms. The van der Waals surface area contributed by atoms with Crippen LogP contribution in [0, 0.1) is 0 Å². The Kier molecular flexibility index (Phi) is 5.70. The maximum atomic E-state index is 12.8. The quantitative estimate of drug-likeness (QED) is 0.284. The van der Waals surface area contributed by atoms with Gasteiger partial charge in [0.05, 0.1) is 30.2 Å². The minimum Gasteiger partial charge on any atom is -0.492 e. The Bertz CT molecular complexity index is 1480. The summed E-state index contributed by atoms with van der Waals surface area (Å²) in [6.45, 7) is 0.539. The minimum absolute atomic E-state index is 0.0875. The van der Waals surface area contributed by atoms with Gasteiger partial charge in [0.25, 0.3) is 5.91 Å². The first kappa shape index (κ1) is 20.7. The highest BCUT2D eigenvalue weighted by atomic mass is 16.5. The molecule has 0 atom stereocenters. The zero-order chi connectivity index (χ0) is 28.4. The SMILES string of the molecule is [2H]C([2H])([2H])NC(=O)c1nnc(Nc2ccc(C(C)(C)O)cn2)cc1Nc1nccc(-c2cnn(C)n2)c1OC. The van der Waals surface area contributed by atoms with Gasteiger partial charge in [-0.15, -0.1) is 10.2 Å². The predicted octanol–water partition coefficient (Wildman–Crippen LogP) is 2.14. The highest BCUT2D eigenvalue weighted by molar-refractivity contribution is 5.98. The number of methoxy groups -OCH3 is 1. The summed E-state index contributed by atoms with van der Waals surface area (Å²) in [6.07, 6.45) is 4.59. The molecule has 13 nitrogen and oxygen atoms in total. The Balaban J connectivity index is 1.72. The third kappa shape index (κ3) is 5.20. The fourth-order valence-corrected chi connectivity index (χ4v) is 3.28. The number of hydrogen-bond acceptors (Lipinski definition) is 11. The molecule has 186 valence electrons. The second-order valence-corrected chi connectivity index (χ2v) is 8.15. The average Bonchev–Trinajstić information content (AvgIpc) is 3.29. The summed E-state index contributed by atoms with van der Waals surface area (Å²) in [6, 6.07) is 6.49. The van der Waals surface area contributed by atoms with Crippen molar-refractivity contribution in [1.29, 1.82) is 0 Å². The molecule has 0 saturated heterocycles. The van der Waals surface area contributed by atoms with Crippen LogP contribution in [0.3, 0.4) is 0 Å². The molecule has 4 N–H and O–H groups in total. The molecule has 0 spiro atoms. The number of amides is 1. The van der Waals surface area contributed by atoms with Crippen LogP contribution in [0.1, 0.15) is 34.0 Å². The van der Waals surface area contributed by atoms with Crippen LogP contribution < -0.4 is 20.7 Å². The van der Waals surface area contributed by atoms with E-state index in [1.165, 1.54) is 30.4 Å². The smallest absolute Gasteiger partial charge is 0.273 e. The van der Waals surface area contributed by atoms with Gasteiger partial charge in [0, 0.05) is 42.2 Å². The summed E-state index contributed by atoms with van der Waals surface area (Å²) >= 11 is 0. The summed E-state index contributed by atoms with van der Waals surface area (Å²) in [4.78, 5) is 22.8. The summed E-state index contributed by atoms with van der Waals surface area (Å²) in [5.74, 6) is 0.109. The molecule has 0 fully saturated rings. The zero-order valence-corrected chi connectivity index (χ0v) is 19.9. The van der Waals surface area contributed by atoms with E-state index in [4.69, 9.17) is 8.85 Å². The lowest BCUT2D eigenvalue weighted by atomic mass is 10.0. The maximum absolute atomic E-state index is 12.8. The fourth-order valence-electron chi connectivity index (χ4n) is 3.28. The standard InChI is InChI=1S/C23H26N10O3/c1-23(2,35)13-6-7-17(26-11-13)29-18-10-15(19(31-30-18)22(34)24-3)28-21-20(36-5)14(8-9-25-21)16-12-27-33(4)32-16/h6-12,35H,1-5H3,(H,24,34)(H2,25,26,28,29,30)/i3D3. The zero-order valence-electron chi connectivity index (χ0n) is 22.9. The van der Waals surface area contributed by atoms with E-state index in [9.17, 15) is 9.90 Å². The maximum Gasteiger partial charge on any atom is 0.273 e. The third-order valence-electron chi connectivity index (χ3n) is 5.09. The van der Waals surface area contributed by atoms with Crippen molar-refractivity contribution in [2.24, 2.45) is 7.05 Å². The molecule has 36 heavy (non-hydrogen) atoms. The van der Waals surface area contributed by atoms with Gasteiger partial charge in [-0.1, -0.05) is 6.07 Å². The molecule has 0 aromatic carbocycles. The van der Waals surface area contributed by atoms with Crippen molar-refractivity contribution >= 4 is 29.0 Å². The van der Waals surface area contributed by atoms with Crippen molar-refractivity contribution < 1.29 is 18.8 Å². The van der Waals surface area contributed by atoms with E-state index in [0.717, 1.165) is 0 Å². The molecule has 1 amide bonds. The molecule has 4 heterocycles. The van der Waals surface area contributed by atoms with Crippen LogP contribution in [0.15, 0.2) is 42.9 Å². The highest BCUT2D eigenvalue weighted by Crippen LogP contribution is 2.36. The van der Waals surface area contributed by atoms with Crippen LogP contribution in [-0.2, 0) is 12.6 Å². The molecule has 0 bridgehead atoms. The van der Waals surface area contributed by atoms with Gasteiger partial charge in [-0.25, -0.2) is 9.97 Å². The number of nitrogens with zero attached hydrogens (tertiary/aromatic N) is 7. The lowest BCUT2D eigenvalue weighted by molar-refractivity contribution is 0.0782. The number of carbonyl (C=O) groups excluding carboxylic acids is 1. The number of hydrogen-bond donors (Lipinski definition) is 4. The van der Waals surface area contributed by atoms with Gasteiger partial charge >= 0.3 is 0 Å². The molecule has 0 unspecified atom stereocenters. The molecule has 4 aromatic rings. The van der Waals surface area contributed by atoms with E-state index >= 15 is 0 Å². The van der Waals surface area contributed by atoms with Crippen molar-refractivity contribution in [3.05, 3.63) is 54.1 Å². The van der Waals surface area contributed by atoms with Crippen LogP contribution in [-0.4, -0.2) is 60.3 Å². The second-order valence-electron chi connectivity index (χ2n) is 8.15. The Labute approximate surface area is 211 Å². The topological polar surface area (TPSA) is 165 Å². The van der Waals surface area contributed by atoms with Crippen LogP contribution >= 0.6 is 0 Å². The Morgan fingerprint density at radius 3 is 2.61 bits per heavy atom. The number of pyridine rings is 2. The van der Waals surface area contributed by atoms with E-state index in [-0.39, 0.29) is 23.0 Å². The fraction of sp³-hybridized carbons (Fsp3) is 0.261. The van der Waals surface area contributed by atoms with Crippen LogP contribution in [0.5, 0.6) is 5.75 Å². The van der Waals surface area contributed by atoms with Gasteiger partial charge in [0.1, 0.15) is 11.5 Å². The van der Waals surface area contributed by atoms with Gasteiger partial charge in [0.15, 0.2) is 23.1 Å². The van der Waals surface area contributed by atoms with Crippen molar-refractivity contribution in [1.82, 2.24) is 40.5 Å². The van der Waals surface area contributed by atoms with Crippen LogP contribution in [0.2, 0.25) is 0 Å². The lowest BCUT2D eigenvalue weighted by Gasteiger charge is -2.17. The largest absolute Gasteiger partial charge is 0.492 e. The van der Waals surface area contributed by atoms with E-state index in [1.54, 1.807) is 45.3 Å². The molecule has 0 aliphatic carbocycles. The number of rotatable bonds is 8. The van der Waals surface area contributed by atoms with Gasteiger partial charge < -0.3 is 25.8 Å². The minimum atomic E-state index is -2.75. The highest BCUT2D eigenvalue weighted by Gasteiger charge is 2.20. The Hall–Kier alpha value is -4.65. The molecule has 0 aliphatic heterocycles. The summed E-state index contributed by atoms with van der Waals surface area (Å²) < 4.78 is 27.8. The Morgan fingerprint density at radius 2 is 1.97 bits per heavy atom. The molecule has 4 rings (SSSR count). The van der Waals surface area contributed by atoms with E-state index in [2.05, 4.69) is 41.0 Å². The van der Waals surface area contributed by atoms with E-state index in [0.29, 0.717) is 28.4 Å². The Morgan fingerprint density at radius 1 is 1.14 bits per heavy atom. The number of ether oxygens (including phenoxy) is 1. The first-order chi connectivity index (χ1) is 18.3. The predicted molar refractivity (Wildman–Crippen MR) is 132 cm³/mol. The van der Waals surface area contributed by atoms with Gasteiger partial charge in [-0.2, -0.15) is 15.0 Å². The lowest BCUT2D eigenvalue weighted by Crippen LogP contribution is -2.21. The van der Waals surface area contributed by atoms with Crippen molar-refractivity contribution in [2.45, 2.75) is 19.4 Å². The number of aliphatic hydroxyl groups is 1.